The third-order valence-corrected chi connectivity index (χ3v) is 6.80. The predicted octanol–water partition coefficient (Wildman–Crippen LogP) is 3.84. The summed E-state index contributed by atoms with van der Waals surface area (Å²) in [4.78, 5) is 36.6. The van der Waals surface area contributed by atoms with Crippen LogP contribution in [0.5, 0.6) is 5.75 Å². The molecule has 10 heteroatoms. The Morgan fingerprint density at radius 3 is 2.53 bits per heavy atom. The topological polar surface area (TPSA) is 126 Å². The van der Waals surface area contributed by atoms with Gasteiger partial charge in [0.2, 0.25) is 5.75 Å². The average molecular weight is 477 g/mol. The van der Waals surface area contributed by atoms with Gasteiger partial charge in [-0.3, -0.25) is 19.7 Å². The fourth-order valence-corrected chi connectivity index (χ4v) is 5.26. The third kappa shape index (κ3) is 3.53. The van der Waals surface area contributed by atoms with Crippen LogP contribution in [-0.2, 0) is 16.2 Å². The highest BCUT2D eigenvalue weighted by Crippen LogP contribution is 2.52. The smallest absolute Gasteiger partial charge is 0.313 e. The van der Waals surface area contributed by atoms with E-state index in [9.17, 15) is 25.0 Å². The van der Waals surface area contributed by atoms with E-state index in [0.717, 1.165) is 11.4 Å². The molecule has 2 bridgehead atoms. The minimum Gasteiger partial charge on any atom is -0.481 e. The van der Waals surface area contributed by atoms with Gasteiger partial charge in [0, 0.05) is 17.2 Å². The van der Waals surface area contributed by atoms with E-state index < -0.39 is 10.6 Å². The van der Waals surface area contributed by atoms with Gasteiger partial charge in [-0.05, 0) is 30.4 Å². The standard InChI is InChI=1S/C24H17ClN4O5/c25-18-7-13(11-27-28-23(30)20-14-5-6-15(9-14)21(20)24(28)31)8-19(29(32)33)22(18)34-12-17-4-2-1-3-16(17)10-26/h1-8,11,14-15,20-21H,9,12H2. The van der Waals surface area contributed by atoms with Gasteiger partial charge in [0.05, 0.1) is 39.6 Å². The molecule has 3 aliphatic rings. The molecule has 1 heterocycles. The number of imide groups is 1. The molecular weight excluding hydrogens is 460 g/mol. The SMILES string of the molecule is N#Cc1ccccc1COc1c(Cl)cc(C=NN2C(=O)C3C4C=CC(C4)C3C2=O)cc1[N+](=O)[O-]. The number of fused-ring (bicyclic) bond motifs is 5. The second kappa shape index (κ2) is 8.39. The number of carbonyl (C=O) groups is 2. The van der Waals surface area contributed by atoms with Crippen LogP contribution in [-0.4, -0.2) is 28.0 Å². The zero-order valence-corrected chi connectivity index (χ0v) is 18.4. The molecule has 2 aromatic rings. The molecule has 9 nitrogen and oxygen atoms in total. The van der Waals surface area contributed by atoms with Crippen molar-refractivity contribution in [2.45, 2.75) is 13.0 Å². The van der Waals surface area contributed by atoms with Crippen molar-refractivity contribution < 1.29 is 19.2 Å². The maximum absolute atomic E-state index is 12.8. The molecule has 0 N–H and O–H groups in total. The number of nitro groups is 1. The molecule has 0 spiro atoms. The minimum atomic E-state index is -0.644. The van der Waals surface area contributed by atoms with E-state index in [0.29, 0.717) is 11.1 Å². The predicted molar refractivity (Wildman–Crippen MR) is 121 cm³/mol. The molecule has 0 aromatic heterocycles. The fraction of sp³-hybridized carbons (Fsp3) is 0.250. The lowest BCUT2D eigenvalue weighted by molar-refractivity contribution is -0.385. The zero-order valence-electron chi connectivity index (χ0n) is 17.6. The number of rotatable bonds is 6. The van der Waals surface area contributed by atoms with Crippen molar-refractivity contribution in [1.82, 2.24) is 5.01 Å². The first-order valence-corrected chi connectivity index (χ1v) is 11.0. The van der Waals surface area contributed by atoms with Crippen LogP contribution < -0.4 is 4.74 Å². The quantitative estimate of drug-likeness (QED) is 0.205. The van der Waals surface area contributed by atoms with Crippen LogP contribution in [0.1, 0.15) is 23.1 Å². The maximum atomic E-state index is 12.8. The summed E-state index contributed by atoms with van der Waals surface area (Å²) in [7, 11) is 0. The van der Waals surface area contributed by atoms with Crippen molar-refractivity contribution in [2.24, 2.45) is 28.8 Å². The molecule has 0 radical (unpaired) electrons. The van der Waals surface area contributed by atoms with E-state index in [1.807, 2.05) is 18.2 Å². The number of hydrogen-bond donors (Lipinski definition) is 0. The molecule has 5 rings (SSSR count). The molecule has 170 valence electrons. The summed E-state index contributed by atoms with van der Waals surface area (Å²) >= 11 is 6.28. The molecule has 1 aliphatic heterocycles. The molecule has 2 amide bonds. The number of halogens is 1. The number of allylic oxidation sites excluding steroid dienone is 2. The summed E-state index contributed by atoms with van der Waals surface area (Å²) in [5.74, 6) is -1.49. The molecule has 1 saturated heterocycles. The number of ether oxygens (including phenoxy) is 1. The highest BCUT2D eigenvalue weighted by Gasteiger charge is 2.59. The second-order valence-electron chi connectivity index (χ2n) is 8.40. The number of carbonyl (C=O) groups excluding carboxylic acids is 2. The number of hydrogen-bond acceptors (Lipinski definition) is 7. The molecule has 4 atom stereocenters. The Bertz CT molecular complexity index is 1300. The lowest BCUT2D eigenvalue weighted by Gasteiger charge is -2.13. The number of hydrazone groups is 1. The number of nitro benzene ring substituents is 1. The number of amides is 2. The second-order valence-corrected chi connectivity index (χ2v) is 8.81. The Morgan fingerprint density at radius 1 is 1.21 bits per heavy atom. The number of nitriles is 1. The summed E-state index contributed by atoms with van der Waals surface area (Å²) < 4.78 is 5.61. The van der Waals surface area contributed by atoms with E-state index in [1.165, 1.54) is 18.3 Å². The lowest BCUT2D eigenvalue weighted by Crippen LogP contribution is -2.28. The van der Waals surface area contributed by atoms with Gasteiger partial charge in [0.15, 0.2) is 0 Å². The summed E-state index contributed by atoms with van der Waals surface area (Å²) in [6.45, 7) is -0.0896. The largest absolute Gasteiger partial charge is 0.481 e. The van der Waals surface area contributed by atoms with Crippen molar-refractivity contribution in [3.8, 4) is 11.8 Å². The molecule has 2 fully saturated rings. The van der Waals surface area contributed by atoms with Crippen LogP contribution in [0.3, 0.4) is 0 Å². The van der Waals surface area contributed by atoms with Crippen LogP contribution in [0.2, 0.25) is 5.02 Å². The van der Waals surface area contributed by atoms with Gasteiger partial charge in [-0.25, -0.2) is 0 Å². The van der Waals surface area contributed by atoms with Gasteiger partial charge in [-0.2, -0.15) is 15.4 Å². The molecule has 1 saturated carbocycles. The summed E-state index contributed by atoms with van der Waals surface area (Å²) in [6.07, 6.45) is 5.99. The van der Waals surface area contributed by atoms with Crippen LogP contribution in [0.15, 0.2) is 53.7 Å². The van der Waals surface area contributed by atoms with E-state index in [2.05, 4.69) is 5.10 Å². The monoisotopic (exact) mass is 476 g/mol. The van der Waals surface area contributed by atoms with Crippen molar-refractivity contribution in [1.29, 1.82) is 5.26 Å². The Kier molecular flexibility index (Phi) is 5.38. The molecule has 4 unspecified atom stereocenters. The molecule has 2 aromatic carbocycles. The molecule has 34 heavy (non-hydrogen) atoms. The Morgan fingerprint density at radius 2 is 1.88 bits per heavy atom. The van der Waals surface area contributed by atoms with Crippen LogP contribution in [0.25, 0.3) is 0 Å². The Hall–Kier alpha value is -4.03. The Balaban J connectivity index is 1.38. The fourth-order valence-electron chi connectivity index (χ4n) is 4.98. The summed E-state index contributed by atoms with van der Waals surface area (Å²) in [6, 6.07) is 11.4. The zero-order chi connectivity index (χ0) is 24.0. The molecule has 2 aliphatic carbocycles. The number of benzene rings is 2. The first kappa shape index (κ1) is 21.8. The third-order valence-electron chi connectivity index (χ3n) is 6.52. The van der Waals surface area contributed by atoms with Gasteiger partial charge in [-0.15, -0.1) is 0 Å². The van der Waals surface area contributed by atoms with Crippen LogP contribution >= 0.6 is 11.6 Å². The first-order chi connectivity index (χ1) is 16.4. The van der Waals surface area contributed by atoms with Crippen molar-refractivity contribution in [3.05, 3.63) is 80.4 Å². The average Bonchev–Trinajstić information content (AvgIpc) is 3.51. The van der Waals surface area contributed by atoms with Gasteiger partial charge in [0.1, 0.15) is 6.61 Å². The number of nitrogens with zero attached hydrogens (tertiary/aromatic N) is 4. The van der Waals surface area contributed by atoms with Gasteiger partial charge in [-0.1, -0.05) is 42.0 Å². The summed E-state index contributed by atoms with van der Waals surface area (Å²) in [5.41, 5.74) is 0.779. The first-order valence-electron chi connectivity index (χ1n) is 10.6. The summed E-state index contributed by atoms with van der Waals surface area (Å²) in [5, 5.41) is 25.8. The van der Waals surface area contributed by atoms with Gasteiger partial charge >= 0.3 is 5.69 Å². The van der Waals surface area contributed by atoms with E-state index in [1.54, 1.807) is 24.3 Å². The highest BCUT2D eigenvalue weighted by molar-refractivity contribution is 6.32. The van der Waals surface area contributed by atoms with Gasteiger partial charge in [0.25, 0.3) is 11.8 Å². The van der Waals surface area contributed by atoms with E-state index >= 15 is 0 Å². The van der Waals surface area contributed by atoms with Crippen LogP contribution in [0.4, 0.5) is 5.69 Å². The maximum Gasteiger partial charge on any atom is 0.313 e. The normalized spacial score (nSPS) is 24.6. The van der Waals surface area contributed by atoms with Crippen molar-refractivity contribution in [3.63, 3.8) is 0 Å². The Labute approximate surface area is 199 Å². The minimum absolute atomic E-state index is 0.0386. The highest BCUT2D eigenvalue weighted by atomic mass is 35.5. The van der Waals surface area contributed by atoms with Crippen molar-refractivity contribution >= 4 is 35.3 Å². The van der Waals surface area contributed by atoms with E-state index in [4.69, 9.17) is 16.3 Å². The molecular formula is C24H17ClN4O5. The lowest BCUT2D eigenvalue weighted by atomic mass is 9.85. The van der Waals surface area contributed by atoms with E-state index in [-0.39, 0.29) is 58.4 Å². The van der Waals surface area contributed by atoms with Crippen molar-refractivity contribution in [2.75, 3.05) is 0 Å². The van der Waals surface area contributed by atoms with Gasteiger partial charge < -0.3 is 4.74 Å². The van der Waals surface area contributed by atoms with Crippen LogP contribution in [0, 0.1) is 45.1 Å².